The van der Waals surface area contributed by atoms with Crippen LogP contribution in [0.5, 0.6) is 5.75 Å². The average molecular weight is 235 g/mol. The second-order valence-electron chi connectivity index (χ2n) is 4.33. The fraction of sp³-hybridized carbons (Fsp3) is 0.600. The minimum Gasteiger partial charge on any atom is -0.494 e. The van der Waals surface area contributed by atoms with Crippen LogP contribution in [-0.2, 0) is 0 Å². The third-order valence-electron chi connectivity index (χ3n) is 2.80. The molecule has 1 N–H and O–H groups in total. The molecule has 0 heterocycles. The van der Waals surface area contributed by atoms with E-state index in [4.69, 9.17) is 4.74 Å². The van der Waals surface area contributed by atoms with E-state index in [0.29, 0.717) is 6.04 Å². The molecule has 0 saturated carbocycles. The second-order valence-corrected chi connectivity index (χ2v) is 4.33. The van der Waals surface area contributed by atoms with Gasteiger partial charge in [-0.15, -0.1) is 0 Å². The first-order valence-electron chi connectivity index (χ1n) is 6.77. The topological polar surface area (TPSA) is 21.3 Å². The van der Waals surface area contributed by atoms with Gasteiger partial charge in [-0.25, -0.2) is 0 Å². The average Bonchev–Trinajstić information content (AvgIpc) is 2.38. The van der Waals surface area contributed by atoms with Crippen LogP contribution < -0.4 is 10.1 Å². The third kappa shape index (κ3) is 4.78. The van der Waals surface area contributed by atoms with Gasteiger partial charge in [0.15, 0.2) is 0 Å². The summed E-state index contributed by atoms with van der Waals surface area (Å²) >= 11 is 0. The minimum atomic E-state index is 0.468. The van der Waals surface area contributed by atoms with E-state index in [1.54, 1.807) is 0 Å². The van der Waals surface area contributed by atoms with Gasteiger partial charge in [0.25, 0.3) is 0 Å². The third-order valence-corrected chi connectivity index (χ3v) is 2.80. The highest BCUT2D eigenvalue weighted by Gasteiger charge is 2.07. The molecule has 1 atom stereocenters. The van der Waals surface area contributed by atoms with Crippen molar-refractivity contribution in [2.75, 3.05) is 13.2 Å². The zero-order chi connectivity index (χ0) is 12.5. The molecule has 2 heteroatoms. The maximum absolute atomic E-state index is 5.58. The predicted molar refractivity (Wildman–Crippen MR) is 73.6 cm³/mol. The highest BCUT2D eigenvalue weighted by Crippen LogP contribution is 2.20. The molecule has 17 heavy (non-hydrogen) atoms. The monoisotopic (exact) mass is 235 g/mol. The lowest BCUT2D eigenvalue weighted by Gasteiger charge is -2.17. The number of benzene rings is 1. The number of hydrogen-bond donors (Lipinski definition) is 1. The van der Waals surface area contributed by atoms with Crippen LogP contribution in [0, 0.1) is 0 Å². The zero-order valence-electron chi connectivity index (χ0n) is 11.3. The Morgan fingerprint density at radius 1 is 1.06 bits per heavy atom. The van der Waals surface area contributed by atoms with Crippen LogP contribution in [0.2, 0.25) is 0 Å². The molecule has 2 nitrogen and oxygen atoms in total. The first-order valence-corrected chi connectivity index (χ1v) is 6.77. The van der Waals surface area contributed by atoms with Crippen molar-refractivity contribution in [3.8, 4) is 5.75 Å². The number of rotatable bonds is 8. The molecular formula is C15H25NO. The van der Waals surface area contributed by atoms with E-state index < -0.39 is 0 Å². The Hall–Kier alpha value is -1.02. The number of ether oxygens (including phenoxy) is 1. The molecule has 0 aliphatic rings. The summed E-state index contributed by atoms with van der Waals surface area (Å²) in [7, 11) is 0. The molecule has 1 unspecified atom stereocenters. The summed E-state index contributed by atoms with van der Waals surface area (Å²) < 4.78 is 5.58. The second kappa shape index (κ2) is 8.13. The summed E-state index contributed by atoms with van der Waals surface area (Å²) in [5.41, 5.74) is 1.35. The van der Waals surface area contributed by atoms with Crippen LogP contribution in [0.15, 0.2) is 24.3 Å². The van der Waals surface area contributed by atoms with E-state index in [1.165, 1.54) is 12.0 Å². The van der Waals surface area contributed by atoms with E-state index in [-0.39, 0.29) is 0 Å². The lowest BCUT2D eigenvalue weighted by molar-refractivity contribution is 0.317. The number of nitrogens with one attached hydrogen (secondary N) is 1. The van der Waals surface area contributed by atoms with Crippen molar-refractivity contribution in [3.63, 3.8) is 0 Å². The van der Waals surface area contributed by atoms with Gasteiger partial charge in [-0.3, -0.25) is 0 Å². The van der Waals surface area contributed by atoms with Gasteiger partial charge >= 0.3 is 0 Å². The quantitative estimate of drug-likeness (QED) is 0.737. The van der Waals surface area contributed by atoms with E-state index in [1.807, 2.05) is 0 Å². The Morgan fingerprint density at radius 2 is 1.76 bits per heavy atom. The van der Waals surface area contributed by atoms with Crippen molar-refractivity contribution >= 4 is 0 Å². The van der Waals surface area contributed by atoms with Crippen molar-refractivity contribution < 1.29 is 4.74 Å². The molecule has 0 aliphatic carbocycles. The molecule has 0 radical (unpaired) electrons. The first kappa shape index (κ1) is 14.0. The van der Waals surface area contributed by atoms with Crippen LogP contribution in [0.25, 0.3) is 0 Å². The van der Waals surface area contributed by atoms with Gasteiger partial charge in [0, 0.05) is 6.04 Å². The van der Waals surface area contributed by atoms with Crippen LogP contribution >= 0.6 is 0 Å². The fourth-order valence-electron chi connectivity index (χ4n) is 1.83. The van der Waals surface area contributed by atoms with Crippen molar-refractivity contribution in [1.29, 1.82) is 0 Å². The van der Waals surface area contributed by atoms with Gasteiger partial charge in [0.1, 0.15) is 5.75 Å². The Kier molecular flexibility index (Phi) is 6.71. The van der Waals surface area contributed by atoms with E-state index in [0.717, 1.165) is 31.7 Å². The molecule has 1 rings (SSSR count). The molecular weight excluding hydrogens is 210 g/mol. The summed E-state index contributed by atoms with van der Waals surface area (Å²) in [5, 5.41) is 3.56. The summed E-state index contributed by atoms with van der Waals surface area (Å²) in [4.78, 5) is 0. The maximum atomic E-state index is 5.58. The van der Waals surface area contributed by atoms with Gasteiger partial charge in [-0.1, -0.05) is 32.9 Å². The summed E-state index contributed by atoms with van der Waals surface area (Å²) in [6.07, 6.45) is 3.35. The SMILES string of the molecule is CCCNC(CC)c1ccc(OCCC)cc1. The highest BCUT2D eigenvalue weighted by molar-refractivity contribution is 5.29. The van der Waals surface area contributed by atoms with Crippen LogP contribution in [0.4, 0.5) is 0 Å². The molecule has 0 aliphatic heterocycles. The standard InChI is InChI=1S/C15H25NO/c1-4-11-16-15(6-3)13-7-9-14(10-8-13)17-12-5-2/h7-10,15-16H,4-6,11-12H2,1-3H3. The molecule has 0 amide bonds. The molecule has 1 aromatic carbocycles. The van der Waals surface area contributed by atoms with Gasteiger partial charge in [-0.05, 0) is 43.5 Å². The minimum absolute atomic E-state index is 0.468. The molecule has 0 aromatic heterocycles. The van der Waals surface area contributed by atoms with E-state index in [9.17, 15) is 0 Å². The fourth-order valence-corrected chi connectivity index (χ4v) is 1.83. The van der Waals surface area contributed by atoms with Crippen molar-refractivity contribution in [3.05, 3.63) is 29.8 Å². The molecule has 0 bridgehead atoms. The predicted octanol–water partition coefficient (Wildman–Crippen LogP) is 3.93. The Balaban J connectivity index is 2.57. The van der Waals surface area contributed by atoms with Crippen molar-refractivity contribution in [2.24, 2.45) is 0 Å². The lowest BCUT2D eigenvalue weighted by Crippen LogP contribution is -2.21. The Labute approximate surface area is 105 Å². The summed E-state index contributed by atoms with van der Waals surface area (Å²) in [6.45, 7) is 8.41. The lowest BCUT2D eigenvalue weighted by atomic mass is 10.0. The summed E-state index contributed by atoms with van der Waals surface area (Å²) in [6, 6.07) is 8.95. The van der Waals surface area contributed by atoms with Gasteiger partial charge in [-0.2, -0.15) is 0 Å². The highest BCUT2D eigenvalue weighted by atomic mass is 16.5. The van der Waals surface area contributed by atoms with Crippen molar-refractivity contribution in [2.45, 2.75) is 46.1 Å². The Morgan fingerprint density at radius 3 is 2.29 bits per heavy atom. The maximum Gasteiger partial charge on any atom is 0.119 e. The van der Waals surface area contributed by atoms with Crippen LogP contribution in [0.1, 0.15) is 51.6 Å². The van der Waals surface area contributed by atoms with Gasteiger partial charge < -0.3 is 10.1 Å². The molecule has 96 valence electrons. The van der Waals surface area contributed by atoms with E-state index >= 15 is 0 Å². The molecule has 0 spiro atoms. The smallest absolute Gasteiger partial charge is 0.119 e. The number of hydrogen-bond acceptors (Lipinski definition) is 2. The van der Waals surface area contributed by atoms with Gasteiger partial charge in [0.2, 0.25) is 0 Å². The normalized spacial score (nSPS) is 12.4. The van der Waals surface area contributed by atoms with Gasteiger partial charge in [0.05, 0.1) is 6.61 Å². The first-order chi connectivity index (χ1) is 8.31. The van der Waals surface area contributed by atoms with Crippen LogP contribution in [-0.4, -0.2) is 13.2 Å². The summed E-state index contributed by atoms with van der Waals surface area (Å²) in [5.74, 6) is 0.973. The molecule has 0 fully saturated rings. The molecule has 1 aromatic rings. The zero-order valence-corrected chi connectivity index (χ0v) is 11.3. The van der Waals surface area contributed by atoms with Crippen molar-refractivity contribution in [1.82, 2.24) is 5.32 Å². The largest absolute Gasteiger partial charge is 0.494 e. The Bertz CT molecular complexity index is 294. The van der Waals surface area contributed by atoms with E-state index in [2.05, 4.69) is 50.4 Å². The molecule has 0 saturated heterocycles. The van der Waals surface area contributed by atoms with Crippen LogP contribution in [0.3, 0.4) is 0 Å².